The van der Waals surface area contributed by atoms with Crippen molar-refractivity contribution in [1.29, 1.82) is 0 Å². The molecule has 4 heteroatoms. The number of carbonyl (C=O) groups is 1. The van der Waals surface area contributed by atoms with Gasteiger partial charge in [-0.05, 0) is 69.2 Å². The van der Waals surface area contributed by atoms with Crippen molar-refractivity contribution in [2.45, 2.75) is 45.4 Å². The van der Waals surface area contributed by atoms with Crippen molar-refractivity contribution in [3.05, 3.63) is 24.3 Å². The quantitative estimate of drug-likeness (QED) is 0.867. The van der Waals surface area contributed by atoms with Crippen molar-refractivity contribution in [3.8, 4) is 0 Å². The maximum Gasteiger partial charge on any atom is 0.224 e. The molecule has 0 bridgehead atoms. The largest absolute Gasteiger partial charge is 0.370 e. The highest BCUT2D eigenvalue weighted by molar-refractivity contribution is 5.94. The van der Waals surface area contributed by atoms with Crippen LogP contribution in [0.2, 0.25) is 0 Å². The molecule has 2 heterocycles. The minimum Gasteiger partial charge on any atom is -0.370 e. The van der Waals surface area contributed by atoms with Gasteiger partial charge in [0.2, 0.25) is 5.91 Å². The molecule has 0 aromatic heterocycles. The summed E-state index contributed by atoms with van der Waals surface area (Å²) in [6.45, 7) is 6.58. The lowest BCUT2D eigenvalue weighted by Gasteiger charge is -2.31. The summed E-state index contributed by atoms with van der Waals surface area (Å²) in [7, 11) is 0. The van der Waals surface area contributed by atoms with Crippen LogP contribution in [0, 0.1) is 11.8 Å². The first-order chi connectivity index (χ1) is 11.7. The highest BCUT2D eigenvalue weighted by Crippen LogP contribution is 2.29. The summed E-state index contributed by atoms with van der Waals surface area (Å²) in [5.74, 6) is 1.21. The summed E-state index contributed by atoms with van der Waals surface area (Å²) in [6, 6.07) is 8.25. The van der Waals surface area contributed by atoms with Gasteiger partial charge in [0, 0.05) is 19.5 Å². The van der Waals surface area contributed by atoms with E-state index < -0.39 is 0 Å². The van der Waals surface area contributed by atoms with Gasteiger partial charge in [0.25, 0.3) is 0 Å². The molecular weight excluding hydrogens is 298 g/mol. The number of hydrogen-bond donors (Lipinski definition) is 2. The van der Waals surface area contributed by atoms with Crippen LogP contribution in [0.25, 0.3) is 0 Å². The summed E-state index contributed by atoms with van der Waals surface area (Å²) in [5.41, 5.74) is 2.15. The number of benzene rings is 1. The van der Waals surface area contributed by atoms with Crippen molar-refractivity contribution < 1.29 is 4.79 Å². The summed E-state index contributed by atoms with van der Waals surface area (Å²) >= 11 is 0. The Balaban J connectivity index is 1.59. The van der Waals surface area contributed by atoms with E-state index in [0.29, 0.717) is 18.3 Å². The molecule has 2 saturated heterocycles. The van der Waals surface area contributed by atoms with Crippen LogP contribution in [0.4, 0.5) is 11.4 Å². The van der Waals surface area contributed by atoms with E-state index in [4.69, 9.17) is 0 Å². The van der Waals surface area contributed by atoms with E-state index in [1.54, 1.807) is 0 Å². The Hall–Kier alpha value is -1.55. The van der Waals surface area contributed by atoms with Crippen molar-refractivity contribution >= 4 is 17.3 Å². The van der Waals surface area contributed by atoms with Crippen molar-refractivity contribution in [2.24, 2.45) is 11.8 Å². The van der Waals surface area contributed by atoms with E-state index >= 15 is 0 Å². The Morgan fingerprint density at radius 3 is 2.79 bits per heavy atom. The van der Waals surface area contributed by atoms with E-state index in [2.05, 4.69) is 34.6 Å². The average Bonchev–Trinajstić information content (AvgIpc) is 2.63. The van der Waals surface area contributed by atoms with Gasteiger partial charge in [-0.15, -0.1) is 0 Å². The molecule has 2 atom stereocenters. The normalized spacial score (nSPS) is 22.9. The molecule has 4 nitrogen and oxygen atoms in total. The number of hydrogen-bond acceptors (Lipinski definition) is 3. The van der Waals surface area contributed by atoms with Crippen molar-refractivity contribution in [2.75, 3.05) is 36.4 Å². The van der Waals surface area contributed by atoms with Gasteiger partial charge in [0.1, 0.15) is 0 Å². The lowest BCUT2D eigenvalue weighted by Crippen LogP contribution is -2.34. The monoisotopic (exact) mass is 329 g/mol. The summed E-state index contributed by atoms with van der Waals surface area (Å²) in [4.78, 5) is 15.0. The second-order valence-electron chi connectivity index (χ2n) is 7.40. The van der Waals surface area contributed by atoms with E-state index in [1.165, 1.54) is 37.8 Å². The number of piperidine rings is 2. The number of nitrogens with one attached hydrogen (secondary N) is 2. The van der Waals surface area contributed by atoms with Gasteiger partial charge in [0.15, 0.2) is 0 Å². The Bertz CT molecular complexity index is 533. The predicted molar refractivity (Wildman–Crippen MR) is 101 cm³/mol. The van der Waals surface area contributed by atoms with Crippen LogP contribution >= 0.6 is 0 Å². The molecule has 2 aliphatic heterocycles. The van der Waals surface area contributed by atoms with Crippen LogP contribution in [0.1, 0.15) is 45.4 Å². The highest BCUT2D eigenvalue weighted by atomic mass is 16.1. The molecule has 3 rings (SSSR count). The van der Waals surface area contributed by atoms with Gasteiger partial charge in [-0.3, -0.25) is 4.79 Å². The number of carbonyl (C=O) groups excluding carboxylic acids is 1. The van der Waals surface area contributed by atoms with Crippen molar-refractivity contribution in [1.82, 2.24) is 5.32 Å². The lowest BCUT2D eigenvalue weighted by molar-refractivity contribution is -0.117. The fourth-order valence-electron chi connectivity index (χ4n) is 4.01. The first-order valence-corrected chi connectivity index (χ1v) is 9.58. The molecule has 2 fully saturated rings. The van der Waals surface area contributed by atoms with E-state index in [-0.39, 0.29) is 5.91 Å². The zero-order chi connectivity index (χ0) is 16.8. The maximum atomic E-state index is 12.6. The molecule has 2 unspecified atom stereocenters. The zero-order valence-electron chi connectivity index (χ0n) is 14.9. The highest BCUT2D eigenvalue weighted by Gasteiger charge is 2.22. The SMILES string of the molecule is CC(CC(=O)Nc1ccccc1N1CCCCC1)C1CCCNC1. The Labute approximate surface area is 146 Å². The van der Waals surface area contributed by atoms with Gasteiger partial charge < -0.3 is 15.5 Å². The van der Waals surface area contributed by atoms with Crippen LogP contribution in [-0.4, -0.2) is 32.1 Å². The topological polar surface area (TPSA) is 44.4 Å². The predicted octanol–water partition coefficient (Wildman–Crippen LogP) is 3.64. The number of amides is 1. The molecule has 1 aromatic rings. The van der Waals surface area contributed by atoms with Crippen LogP contribution in [0.15, 0.2) is 24.3 Å². The summed E-state index contributed by atoms with van der Waals surface area (Å²) in [5, 5.41) is 6.63. The van der Waals surface area contributed by atoms with Crippen LogP contribution in [-0.2, 0) is 4.79 Å². The number of anilines is 2. The Kier molecular flexibility index (Phi) is 6.13. The van der Waals surface area contributed by atoms with E-state index in [9.17, 15) is 4.79 Å². The third-order valence-electron chi connectivity index (χ3n) is 5.52. The number of rotatable bonds is 5. The summed E-state index contributed by atoms with van der Waals surface area (Å²) < 4.78 is 0. The zero-order valence-corrected chi connectivity index (χ0v) is 14.9. The molecule has 0 aliphatic carbocycles. The van der Waals surface area contributed by atoms with Crippen molar-refractivity contribution in [3.63, 3.8) is 0 Å². The standard InChI is InChI=1S/C20H31N3O/c1-16(17-8-7-11-21-15-17)14-20(24)22-18-9-3-4-10-19(18)23-12-5-2-6-13-23/h3-4,9-10,16-17,21H,2,5-8,11-15H2,1H3,(H,22,24). The first-order valence-electron chi connectivity index (χ1n) is 9.58. The molecule has 1 aromatic carbocycles. The molecule has 1 amide bonds. The smallest absolute Gasteiger partial charge is 0.224 e. The molecule has 0 radical (unpaired) electrons. The molecule has 132 valence electrons. The lowest BCUT2D eigenvalue weighted by atomic mass is 9.85. The maximum absolute atomic E-state index is 12.6. The first kappa shape index (κ1) is 17.3. The molecule has 0 spiro atoms. The average molecular weight is 329 g/mol. The van der Waals surface area contributed by atoms with E-state index in [0.717, 1.165) is 31.9 Å². The van der Waals surface area contributed by atoms with Gasteiger partial charge in [-0.25, -0.2) is 0 Å². The molecule has 2 N–H and O–H groups in total. The Morgan fingerprint density at radius 2 is 2.04 bits per heavy atom. The van der Waals surface area contributed by atoms with Gasteiger partial charge in [0.05, 0.1) is 11.4 Å². The van der Waals surface area contributed by atoms with Crippen LogP contribution < -0.4 is 15.5 Å². The van der Waals surface area contributed by atoms with E-state index in [1.807, 2.05) is 12.1 Å². The fourth-order valence-corrected chi connectivity index (χ4v) is 4.01. The van der Waals surface area contributed by atoms with Crippen LogP contribution in [0.5, 0.6) is 0 Å². The molecule has 24 heavy (non-hydrogen) atoms. The molecule has 2 aliphatic rings. The second kappa shape index (κ2) is 8.52. The van der Waals surface area contributed by atoms with Crippen LogP contribution in [0.3, 0.4) is 0 Å². The second-order valence-corrected chi connectivity index (χ2v) is 7.40. The fraction of sp³-hybridized carbons (Fsp3) is 0.650. The third kappa shape index (κ3) is 4.50. The number of para-hydroxylation sites is 2. The minimum absolute atomic E-state index is 0.150. The minimum atomic E-state index is 0.150. The Morgan fingerprint density at radius 1 is 1.25 bits per heavy atom. The number of nitrogens with zero attached hydrogens (tertiary/aromatic N) is 1. The van der Waals surface area contributed by atoms with Gasteiger partial charge >= 0.3 is 0 Å². The van der Waals surface area contributed by atoms with Gasteiger partial charge in [-0.1, -0.05) is 19.1 Å². The molecular formula is C20H31N3O. The van der Waals surface area contributed by atoms with Gasteiger partial charge in [-0.2, -0.15) is 0 Å². The summed E-state index contributed by atoms with van der Waals surface area (Å²) in [6.07, 6.45) is 6.89. The molecule has 0 saturated carbocycles. The third-order valence-corrected chi connectivity index (χ3v) is 5.52.